The van der Waals surface area contributed by atoms with E-state index in [1.54, 1.807) is 13.8 Å². The molecule has 0 radical (unpaired) electrons. The van der Waals surface area contributed by atoms with E-state index in [-0.39, 0.29) is 11.7 Å². The van der Waals surface area contributed by atoms with Crippen LogP contribution in [0, 0.1) is 11.8 Å². The molecule has 3 atom stereocenters. The molecule has 0 aromatic carbocycles. The summed E-state index contributed by atoms with van der Waals surface area (Å²) in [6, 6.07) is 0. The smallest absolute Gasteiger partial charge is 0.136 e. The molecule has 1 aliphatic carbocycles. The average Bonchev–Trinajstić information content (AvgIpc) is 2.06. The lowest BCUT2D eigenvalue weighted by Crippen LogP contribution is -2.35. The first-order valence-corrected chi connectivity index (χ1v) is 4.18. The molecule has 1 aliphatic rings. The third-order valence-corrected chi connectivity index (χ3v) is 2.78. The highest BCUT2D eigenvalue weighted by Gasteiger charge is 2.44. The van der Waals surface area contributed by atoms with Crippen LogP contribution in [0.25, 0.3) is 0 Å². The summed E-state index contributed by atoms with van der Waals surface area (Å²) in [7, 11) is 0. The van der Waals surface area contributed by atoms with Gasteiger partial charge in [-0.3, -0.25) is 4.79 Å². The van der Waals surface area contributed by atoms with Crippen LogP contribution in [0.4, 0.5) is 0 Å². The zero-order valence-corrected chi connectivity index (χ0v) is 7.42. The molecule has 64 valence electrons. The van der Waals surface area contributed by atoms with Crippen molar-refractivity contribution >= 4 is 5.78 Å². The van der Waals surface area contributed by atoms with Crippen LogP contribution in [0.5, 0.6) is 0 Å². The number of rotatable bonds is 1. The molecule has 0 saturated heterocycles. The molecule has 0 unspecified atom stereocenters. The second-order valence-corrected chi connectivity index (χ2v) is 3.96. The molecule has 0 aromatic rings. The summed E-state index contributed by atoms with van der Waals surface area (Å²) in [5.41, 5.74) is -0.745. The fourth-order valence-electron chi connectivity index (χ4n) is 2.29. The van der Waals surface area contributed by atoms with E-state index in [1.165, 1.54) is 0 Å². The van der Waals surface area contributed by atoms with E-state index in [2.05, 4.69) is 0 Å². The van der Waals surface area contributed by atoms with Gasteiger partial charge in [-0.05, 0) is 32.6 Å². The van der Waals surface area contributed by atoms with Crippen molar-refractivity contribution in [1.29, 1.82) is 0 Å². The summed E-state index contributed by atoms with van der Waals surface area (Å²) in [5, 5.41) is 9.77. The minimum absolute atomic E-state index is 0.125. The molecule has 1 rings (SSSR count). The van der Waals surface area contributed by atoms with E-state index in [1.807, 2.05) is 6.92 Å². The zero-order valence-electron chi connectivity index (χ0n) is 7.42. The highest BCUT2D eigenvalue weighted by molar-refractivity contribution is 5.80. The van der Waals surface area contributed by atoms with Gasteiger partial charge in [-0.2, -0.15) is 0 Å². The number of carbonyl (C=O) groups excluding carboxylic acids is 1. The maximum absolute atomic E-state index is 11.1. The molecule has 0 heterocycles. The van der Waals surface area contributed by atoms with Gasteiger partial charge < -0.3 is 5.11 Å². The predicted octanol–water partition coefficient (Wildman–Crippen LogP) is 1.37. The Labute approximate surface area is 67.6 Å². The Morgan fingerprint density at radius 1 is 1.64 bits per heavy atom. The molecule has 2 heteroatoms. The van der Waals surface area contributed by atoms with Gasteiger partial charge in [0.1, 0.15) is 5.78 Å². The van der Waals surface area contributed by atoms with E-state index in [0.717, 1.165) is 12.8 Å². The first-order chi connectivity index (χ1) is 4.95. The van der Waals surface area contributed by atoms with Crippen molar-refractivity contribution in [3.8, 4) is 0 Å². The number of carbonyl (C=O) groups is 1. The van der Waals surface area contributed by atoms with Crippen LogP contribution in [-0.2, 0) is 4.79 Å². The summed E-state index contributed by atoms with van der Waals surface area (Å²) in [6.07, 6.45) is 1.73. The van der Waals surface area contributed by atoms with Crippen molar-refractivity contribution in [2.45, 2.75) is 39.2 Å². The van der Waals surface area contributed by atoms with Gasteiger partial charge in [0.2, 0.25) is 0 Å². The Morgan fingerprint density at radius 2 is 2.18 bits per heavy atom. The fourth-order valence-corrected chi connectivity index (χ4v) is 2.29. The highest BCUT2D eigenvalue weighted by Crippen LogP contribution is 2.40. The summed E-state index contributed by atoms with van der Waals surface area (Å²) >= 11 is 0. The molecule has 0 bridgehead atoms. The molecular weight excluding hydrogens is 140 g/mol. The molecule has 1 fully saturated rings. The molecule has 2 nitrogen and oxygen atoms in total. The van der Waals surface area contributed by atoms with E-state index < -0.39 is 5.60 Å². The van der Waals surface area contributed by atoms with Crippen molar-refractivity contribution in [3.63, 3.8) is 0 Å². The third kappa shape index (κ3) is 1.45. The Balaban J connectivity index is 2.80. The fraction of sp³-hybridized carbons (Fsp3) is 0.889. The van der Waals surface area contributed by atoms with Gasteiger partial charge in [0, 0.05) is 5.92 Å². The third-order valence-electron chi connectivity index (χ3n) is 2.78. The maximum atomic E-state index is 11.1. The number of Topliss-reactive ketones (excluding diaryl/α,β-unsaturated/α-hetero) is 1. The van der Waals surface area contributed by atoms with Crippen molar-refractivity contribution in [1.82, 2.24) is 0 Å². The van der Waals surface area contributed by atoms with E-state index >= 15 is 0 Å². The lowest BCUT2D eigenvalue weighted by molar-refractivity contribution is -0.128. The summed E-state index contributed by atoms with van der Waals surface area (Å²) < 4.78 is 0. The minimum Gasteiger partial charge on any atom is -0.389 e. The molecule has 1 N–H and O–H groups in total. The van der Waals surface area contributed by atoms with Crippen LogP contribution in [0.1, 0.15) is 33.6 Å². The summed E-state index contributed by atoms with van der Waals surface area (Å²) in [4.78, 5) is 11.1. The first kappa shape index (κ1) is 8.72. The van der Waals surface area contributed by atoms with Crippen LogP contribution in [0.2, 0.25) is 0 Å². The molecule has 1 saturated carbocycles. The van der Waals surface area contributed by atoms with Gasteiger partial charge in [-0.25, -0.2) is 0 Å². The number of hydrogen-bond donors (Lipinski definition) is 1. The lowest BCUT2D eigenvalue weighted by Gasteiger charge is -2.25. The molecule has 11 heavy (non-hydrogen) atoms. The van der Waals surface area contributed by atoms with Crippen LogP contribution in [0.3, 0.4) is 0 Å². The average molecular weight is 156 g/mol. The quantitative estimate of drug-likeness (QED) is 0.622. The molecular formula is C9H16O2. The topological polar surface area (TPSA) is 37.3 Å². The van der Waals surface area contributed by atoms with Crippen LogP contribution in [-0.4, -0.2) is 16.5 Å². The van der Waals surface area contributed by atoms with E-state index in [9.17, 15) is 9.90 Å². The van der Waals surface area contributed by atoms with E-state index in [4.69, 9.17) is 0 Å². The zero-order chi connectivity index (χ0) is 8.65. The van der Waals surface area contributed by atoms with Crippen LogP contribution >= 0.6 is 0 Å². The molecule has 0 aromatic heterocycles. The van der Waals surface area contributed by atoms with Gasteiger partial charge in [-0.15, -0.1) is 0 Å². The summed E-state index contributed by atoms with van der Waals surface area (Å²) in [6.45, 7) is 5.37. The number of hydrogen-bond acceptors (Lipinski definition) is 2. The van der Waals surface area contributed by atoms with Crippen molar-refractivity contribution in [2.75, 3.05) is 0 Å². The molecule has 0 amide bonds. The predicted molar refractivity (Wildman–Crippen MR) is 43.2 cm³/mol. The monoisotopic (exact) mass is 156 g/mol. The number of ketones is 1. The first-order valence-electron chi connectivity index (χ1n) is 4.18. The van der Waals surface area contributed by atoms with Gasteiger partial charge in [0.15, 0.2) is 0 Å². The molecule has 0 aliphatic heterocycles. The maximum Gasteiger partial charge on any atom is 0.136 e. The van der Waals surface area contributed by atoms with Crippen molar-refractivity contribution in [3.05, 3.63) is 0 Å². The SMILES string of the molecule is CC(=O)[C@H]1[C@H](C)CC[C@@]1(C)O. The Kier molecular flexibility index (Phi) is 2.06. The Bertz CT molecular complexity index is 172. The highest BCUT2D eigenvalue weighted by atomic mass is 16.3. The van der Waals surface area contributed by atoms with Gasteiger partial charge in [0.25, 0.3) is 0 Å². The number of aliphatic hydroxyl groups is 1. The van der Waals surface area contributed by atoms with Crippen LogP contribution in [0.15, 0.2) is 0 Å². The normalized spacial score (nSPS) is 44.4. The largest absolute Gasteiger partial charge is 0.389 e. The lowest BCUT2D eigenvalue weighted by atomic mass is 9.85. The second kappa shape index (κ2) is 2.59. The van der Waals surface area contributed by atoms with Crippen molar-refractivity contribution < 1.29 is 9.90 Å². The van der Waals surface area contributed by atoms with E-state index in [0.29, 0.717) is 5.92 Å². The Morgan fingerprint density at radius 3 is 2.36 bits per heavy atom. The van der Waals surface area contributed by atoms with Gasteiger partial charge in [0.05, 0.1) is 5.60 Å². The second-order valence-electron chi connectivity index (χ2n) is 3.96. The van der Waals surface area contributed by atoms with Crippen LogP contribution < -0.4 is 0 Å². The minimum atomic E-state index is -0.745. The van der Waals surface area contributed by atoms with Gasteiger partial charge >= 0.3 is 0 Å². The summed E-state index contributed by atoms with van der Waals surface area (Å²) in [5.74, 6) is 0.338. The van der Waals surface area contributed by atoms with Crippen molar-refractivity contribution in [2.24, 2.45) is 11.8 Å². The Hall–Kier alpha value is -0.370. The molecule has 0 spiro atoms. The standard InChI is InChI=1S/C9H16O2/c1-6-4-5-9(3,11)8(6)7(2)10/h6,8,11H,4-5H2,1-3H3/t6-,8-,9-/m1/s1. The van der Waals surface area contributed by atoms with Gasteiger partial charge in [-0.1, -0.05) is 6.92 Å².